The largest absolute Gasteiger partial charge is 0.356 e. The Labute approximate surface area is 136 Å². The first-order valence-corrected chi connectivity index (χ1v) is 7.00. The van der Waals surface area contributed by atoms with E-state index in [1.807, 2.05) is 55.5 Å². The highest BCUT2D eigenvalue weighted by Crippen LogP contribution is 2.33. The average Bonchev–Trinajstić information content (AvgIpc) is 2.90. The van der Waals surface area contributed by atoms with Crippen LogP contribution in [0, 0.1) is 0 Å². The Morgan fingerprint density at radius 1 is 1.18 bits per heavy atom. The third-order valence-electron chi connectivity index (χ3n) is 3.56. The number of fused-ring (bicyclic) bond motifs is 1. The van der Waals surface area contributed by atoms with Gasteiger partial charge in [-0.3, -0.25) is 0 Å². The summed E-state index contributed by atoms with van der Waals surface area (Å²) in [5.74, 6) is 0. The van der Waals surface area contributed by atoms with Crippen molar-refractivity contribution < 1.29 is 4.52 Å². The lowest BCUT2D eigenvalue weighted by Gasteiger charge is -2.15. The number of para-hydroxylation sites is 1. The van der Waals surface area contributed by atoms with Gasteiger partial charge in [0.1, 0.15) is 5.69 Å². The maximum atomic E-state index is 6.33. The van der Waals surface area contributed by atoms with Gasteiger partial charge in [-0.05, 0) is 31.0 Å². The van der Waals surface area contributed by atoms with Crippen LogP contribution >= 0.6 is 12.4 Å². The van der Waals surface area contributed by atoms with E-state index < -0.39 is 0 Å². The van der Waals surface area contributed by atoms with E-state index >= 15 is 0 Å². The maximum absolute atomic E-state index is 6.33. The zero-order chi connectivity index (χ0) is 14.8. The van der Waals surface area contributed by atoms with Crippen LogP contribution in [-0.4, -0.2) is 5.16 Å². The summed E-state index contributed by atoms with van der Waals surface area (Å²) in [6.07, 6.45) is 0.757. The summed E-state index contributed by atoms with van der Waals surface area (Å²) in [6.45, 7) is 5.94. The summed E-state index contributed by atoms with van der Waals surface area (Å²) in [4.78, 5) is 0. The van der Waals surface area contributed by atoms with Gasteiger partial charge in [0.2, 0.25) is 0 Å². The van der Waals surface area contributed by atoms with Crippen molar-refractivity contribution in [2.24, 2.45) is 5.73 Å². The molecule has 1 heterocycles. The maximum Gasteiger partial charge on any atom is 0.167 e. The lowest BCUT2D eigenvalue weighted by atomic mass is 9.94. The van der Waals surface area contributed by atoms with Crippen molar-refractivity contribution in [3.05, 3.63) is 66.2 Å². The van der Waals surface area contributed by atoms with Gasteiger partial charge in [-0.25, -0.2) is 0 Å². The van der Waals surface area contributed by atoms with Crippen LogP contribution in [0.3, 0.4) is 0 Å². The summed E-state index contributed by atoms with van der Waals surface area (Å²) < 4.78 is 5.41. The molecule has 0 amide bonds. The molecular weight excluding hydrogens is 296 g/mol. The second kappa shape index (κ2) is 6.77. The van der Waals surface area contributed by atoms with Crippen LogP contribution in [0.1, 0.15) is 24.9 Å². The van der Waals surface area contributed by atoms with E-state index in [4.69, 9.17) is 10.3 Å². The van der Waals surface area contributed by atoms with E-state index in [-0.39, 0.29) is 18.4 Å². The van der Waals surface area contributed by atoms with Crippen molar-refractivity contribution in [2.45, 2.75) is 19.4 Å². The number of rotatable bonds is 4. The molecule has 3 nitrogen and oxygen atoms in total. The Kier molecular flexibility index (Phi) is 5.01. The highest BCUT2D eigenvalue weighted by molar-refractivity contribution is 5.92. The standard InChI is InChI=1S/C18H18N2O.ClH/c1-12(2)11-16(19)13-7-3-4-8-14(13)18-15-9-5-6-10-17(15)21-20-18;/h3-10,16H,1,11,19H2,2H3;1H. The van der Waals surface area contributed by atoms with Crippen molar-refractivity contribution in [3.8, 4) is 11.3 Å². The molecule has 0 saturated heterocycles. The van der Waals surface area contributed by atoms with Crippen molar-refractivity contribution in [2.75, 3.05) is 0 Å². The summed E-state index contributed by atoms with van der Waals surface area (Å²) in [6, 6.07) is 15.9. The molecule has 22 heavy (non-hydrogen) atoms. The quantitative estimate of drug-likeness (QED) is 0.698. The molecule has 1 atom stereocenters. The molecule has 4 heteroatoms. The second-order valence-corrected chi connectivity index (χ2v) is 5.38. The topological polar surface area (TPSA) is 52.0 Å². The van der Waals surface area contributed by atoms with Crippen LogP contribution in [0.5, 0.6) is 0 Å². The first kappa shape index (κ1) is 16.3. The number of aromatic nitrogens is 1. The van der Waals surface area contributed by atoms with Crippen LogP contribution in [0.4, 0.5) is 0 Å². The van der Waals surface area contributed by atoms with Crippen LogP contribution in [0.15, 0.2) is 65.2 Å². The minimum atomic E-state index is -0.0887. The van der Waals surface area contributed by atoms with Gasteiger partial charge in [-0.15, -0.1) is 19.0 Å². The molecule has 0 bridgehead atoms. The Bertz CT molecular complexity index is 794. The van der Waals surface area contributed by atoms with E-state index in [1.54, 1.807) is 0 Å². The molecule has 3 aromatic rings. The van der Waals surface area contributed by atoms with Crippen molar-refractivity contribution >= 4 is 23.4 Å². The van der Waals surface area contributed by atoms with E-state index in [2.05, 4.69) is 11.7 Å². The number of nitrogens with zero attached hydrogens (tertiary/aromatic N) is 1. The van der Waals surface area contributed by atoms with Gasteiger partial charge in [0.05, 0.1) is 0 Å². The predicted molar refractivity (Wildman–Crippen MR) is 93.1 cm³/mol. The van der Waals surface area contributed by atoms with Gasteiger partial charge in [-0.2, -0.15) is 0 Å². The van der Waals surface area contributed by atoms with E-state index in [9.17, 15) is 0 Å². The molecule has 2 aromatic carbocycles. The Hall–Kier alpha value is -2.10. The molecule has 0 radical (unpaired) electrons. The number of benzene rings is 2. The predicted octanol–water partition coefficient (Wildman–Crippen LogP) is 4.88. The summed E-state index contributed by atoms with van der Waals surface area (Å²) >= 11 is 0. The first-order chi connectivity index (χ1) is 10.2. The zero-order valence-electron chi connectivity index (χ0n) is 12.5. The Balaban J connectivity index is 0.00000176. The van der Waals surface area contributed by atoms with Crippen molar-refractivity contribution in [3.63, 3.8) is 0 Å². The number of nitrogens with two attached hydrogens (primary N) is 1. The number of hydrogen-bond donors (Lipinski definition) is 1. The molecule has 0 aliphatic rings. The van der Waals surface area contributed by atoms with Gasteiger partial charge in [0.15, 0.2) is 5.58 Å². The van der Waals surface area contributed by atoms with Crippen LogP contribution < -0.4 is 5.73 Å². The lowest BCUT2D eigenvalue weighted by molar-refractivity contribution is 0.459. The fourth-order valence-electron chi connectivity index (χ4n) is 2.60. The highest BCUT2D eigenvalue weighted by atomic mass is 35.5. The van der Waals surface area contributed by atoms with Crippen LogP contribution in [0.2, 0.25) is 0 Å². The SMILES string of the molecule is C=C(C)CC(N)c1ccccc1-c1noc2ccccc12.Cl. The van der Waals surface area contributed by atoms with Gasteiger partial charge in [0.25, 0.3) is 0 Å². The van der Waals surface area contributed by atoms with Crippen molar-refractivity contribution in [1.29, 1.82) is 0 Å². The van der Waals surface area contributed by atoms with E-state index in [0.717, 1.165) is 39.8 Å². The average molecular weight is 315 g/mol. The third-order valence-corrected chi connectivity index (χ3v) is 3.56. The molecule has 0 aliphatic carbocycles. The first-order valence-electron chi connectivity index (χ1n) is 7.00. The Morgan fingerprint density at radius 3 is 2.64 bits per heavy atom. The molecule has 114 valence electrons. The van der Waals surface area contributed by atoms with E-state index in [1.165, 1.54) is 0 Å². The summed E-state index contributed by atoms with van der Waals surface area (Å²) in [5.41, 5.74) is 11.1. The minimum Gasteiger partial charge on any atom is -0.356 e. The molecule has 0 aliphatic heterocycles. The van der Waals surface area contributed by atoms with E-state index in [0.29, 0.717) is 0 Å². The fraction of sp³-hybridized carbons (Fsp3) is 0.167. The second-order valence-electron chi connectivity index (χ2n) is 5.38. The molecule has 0 saturated carbocycles. The molecule has 3 rings (SSSR count). The van der Waals surface area contributed by atoms with Crippen molar-refractivity contribution in [1.82, 2.24) is 5.16 Å². The normalized spacial score (nSPS) is 11.9. The smallest absolute Gasteiger partial charge is 0.167 e. The van der Waals surface area contributed by atoms with Gasteiger partial charge in [-0.1, -0.05) is 47.1 Å². The molecule has 0 fully saturated rings. The van der Waals surface area contributed by atoms with Crippen LogP contribution in [-0.2, 0) is 0 Å². The Morgan fingerprint density at radius 2 is 1.86 bits per heavy atom. The molecule has 2 N–H and O–H groups in total. The summed E-state index contributed by atoms with van der Waals surface area (Å²) in [7, 11) is 0. The van der Waals surface area contributed by atoms with Gasteiger partial charge < -0.3 is 10.3 Å². The number of hydrogen-bond acceptors (Lipinski definition) is 3. The zero-order valence-corrected chi connectivity index (χ0v) is 13.3. The fourth-order valence-corrected chi connectivity index (χ4v) is 2.60. The highest BCUT2D eigenvalue weighted by Gasteiger charge is 2.17. The summed E-state index contributed by atoms with van der Waals surface area (Å²) in [5, 5.41) is 5.24. The van der Waals surface area contributed by atoms with Gasteiger partial charge in [0, 0.05) is 17.0 Å². The molecule has 1 unspecified atom stereocenters. The molecular formula is C18H19ClN2O. The van der Waals surface area contributed by atoms with Crippen LogP contribution in [0.25, 0.3) is 22.2 Å². The van der Waals surface area contributed by atoms with Gasteiger partial charge >= 0.3 is 0 Å². The minimum absolute atomic E-state index is 0. The third kappa shape index (κ3) is 3.06. The molecule has 0 spiro atoms. The lowest BCUT2D eigenvalue weighted by Crippen LogP contribution is -2.11. The number of halogens is 1. The monoisotopic (exact) mass is 314 g/mol. The molecule has 1 aromatic heterocycles.